The normalized spacial score (nSPS) is 10.6. The van der Waals surface area contributed by atoms with Crippen LogP contribution in [-0.4, -0.2) is 18.1 Å². The van der Waals surface area contributed by atoms with Gasteiger partial charge in [0.1, 0.15) is 0 Å². The topological polar surface area (TPSA) is 42.2 Å². The van der Waals surface area contributed by atoms with Crippen molar-refractivity contribution < 1.29 is 0 Å². The Labute approximate surface area is 85.9 Å². The third kappa shape index (κ3) is 2.16. The third-order valence-electron chi connectivity index (χ3n) is 2.70. The second-order valence-corrected chi connectivity index (χ2v) is 3.52. The third-order valence-corrected chi connectivity index (χ3v) is 2.70. The predicted molar refractivity (Wildman–Crippen MR) is 61.4 cm³/mol. The lowest BCUT2D eigenvalue weighted by molar-refractivity contribution is 0.592. The molecule has 0 aliphatic rings. The van der Waals surface area contributed by atoms with E-state index in [2.05, 4.69) is 30.8 Å². The molecule has 2 N–H and O–H groups in total. The maximum absolute atomic E-state index is 5.86. The van der Waals surface area contributed by atoms with Crippen LogP contribution in [0.3, 0.4) is 0 Å². The van der Waals surface area contributed by atoms with E-state index in [4.69, 9.17) is 5.73 Å². The number of anilines is 2. The van der Waals surface area contributed by atoms with Crippen LogP contribution in [0.5, 0.6) is 0 Å². The minimum atomic E-state index is 0.555. The fourth-order valence-corrected chi connectivity index (χ4v) is 1.75. The smallest absolute Gasteiger partial charge is 0.0738 e. The number of pyridine rings is 1. The molecular formula is C11H19N3. The summed E-state index contributed by atoms with van der Waals surface area (Å²) in [4.78, 5) is 6.22. The Morgan fingerprint density at radius 1 is 1.43 bits per heavy atom. The highest BCUT2D eigenvalue weighted by Crippen LogP contribution is 2.23. The van der Waals surface area contributed by atoms with Gasteiger partial charge in [0.05, 0.1) is 17.6 Å². The average Bonchev–Trinajstić information content (AvgIpc) is 2.20. The average molecular weight is 193 g/mol. The molecule has 0 amide bonds. The molecule has 78 valence electrons. The van der Waals surface area contributed by atoms with E-state index in [9.17, 15) is 0 Å². The van der Waals surface area contributed by atoms with Crippen LogP contribution in [0.2, 0.25) is 0 Å². The van der Waals surface area contributed by atoms with Crippen molar-refractivity contribution in [2.24, 2.45) is 0 Å². The lowest BCUT2D eigenvalue weighted by atomic mass is 10.1. The van der Waals surface area contributed by atoms with Gasteiger partial charge in [0.25, 0.3) is 0 Å². The molecule has 0 saturated heterocycles. The Bertz CT molecular complexity index is 282. The number of hydrogen-bond acceptors (Lipinski definition) is 3. The molecule has 0 bridgehead atoms. The summed E-state index contributed by atoms with van der Waals surface area (Å²) in [5.74, 6) is 0. The van der Waals surface area contributed by atoms with Gasteiger partial charge in [-0.1, -0.05) is 13.8 Å². The van der Waals surface area contributed by atoms with Crippen molar-refractivity contribution in [3.63, 3.8) is 0 Å². The second kappa shape index (κ2) is 4.84. The highest BCUT2D eigenvalue weighted by atomic mass is 15.1. The van der Waals surface area contributed by atoms with Gasteiger partial charge >= 0.3 is 0 Å². The van der Waals surface area contributed by atoms with Crippen molar-refractivity contribution in [1.29, 1.82) is 0 Å². The van der Waals surface area contributed by atoms with Gasteiger partial charge in [-0.3, -0.25) is 4.98 Å². The highest BCUT2D eigenvalue weighted by molar-refractivity contribution is 5.65. The van der Waals surface area contributed by atoms with Gasteiger partial charge in [-0.2, -0.15) is 0 Å². The fourth-order valence-electron chi connectivity index (χ4n) is 1.75. The van der Waals surface area contributed by atoms with E-state index in [1.54, 1.807) is 12.4 Å². The zero-order valence-corrected chi connectivity index (χ0v) is 9.20. The predicted octanol–water partition coefficient (Wildman–Crippen LogP) is 2.29. The van der Waals surface area contributed by atoms with Crippen molar-refractivity contribution >= 4 is 11.4 Å². The maximum Gasteiger partial charge on any atom is 0.0738 e. The summed E-state index contributed by atoms with van der Waals surface area (Å²) in [6, 6.07) is 2.52. The van der Waals surface area contributed by atoms with Gasteiger partial charge in [0.15, 0.2) is 0 Å². The highest BCUT2D eigenvalue weighted by Gasteiger charge is 2.12. The summed E-state index contributed by atoms with van der Waals surface area (Å²) in [5, 5.41) is 0. The molecule has 14 heavy (non-hydrogen) atoms. The Hall–Kier alpha value is -1.25. The zero-order valence-electron chi connectivity index (χ0n) is 9.20. The van der Waals surface area contributed by atoms with Crippen LogP contribution in [0.1, 0.15) is 26.7 Å². The van der Waals surface area contributed by atoms with E-state index >= 15 is 0 Å². The Balaban J connectivity index is 2.88. The first-order valence-electron chi connectivity index (χ1n) is 5.13. The number of hydrogen-bond donors (Lipinski definition) is 1. The van der Waals surface area contributed by atoms with E-state index in [1.807, 2.05) is 6.07 Å². The molecule has 0 aliphatic carbocycles. The van der Waals surface area contributed by atoms with Crippen LogP contribution in [0.4, 0.5) is 11.4 Å². The van der Waals surface area contributed by atoms with Crippen LogP contribution < -0.4 is 10.6 Å². The molecule has 1 aromatic heterocycles. The molecular weight excluding hydrogens is 174 g/mol. The van der Waals surface area contributed by atoms with E-state index in [0.29, 0.717) is 6.04 Å². The van der Waals surface area contributed by atoms with Crippen molar-refractivity contribution in [3.8, 4) is 0 Å². The number of aromatic nitrogens is 1. The summed E-state index contributed by atoms with van der Waals surface area (Å²) < 4.78 is 0. The molecule has 0 spiro atoms. The van der Waals surface area contributed by atoms with E-state index in [0.717, 1.165) is 24.2 Å². The number of nitrogens with two attached hydrogens (primary N) is 1. The molecule has 0 atom stereocenters. The number of nitrogens with zero attached hydrogens (tertiary/aromatic N) is 2. The second-order valence-electron chi connectivity index (χ2n) is 3.52. The summed E-state index contributed by atoms with van der Waals surface area (Å²) in [6.07, 6.45) is 5.75. The molecule has 1 rings (SSSR count). The first kappa shape index (κ1) is 10.8. The van der Waals surface area contributed by atoms with Gasteiger partial charge in [0, 0.05) is 19.3 Å². The molecule has 3 nitrogen and oxygen atoms in total. The number of nitrogen functional groups attached to an aromatic ring is 1. The lowest BCUT2D eigenvalue weighted by Crippen LogP contribution is -2.30. The molecule has 0 saturated carbocycles. The molecule has 0 aliphatic heterocycles. The van der Waals surface area contributed by atoms with Crippen molar-refractivity contribution in [1.82, 2.24) is 4.98 Å². The lowest BCUT2D eigenvalue weighted by Gasteiger charge is -2.29. The Morgan fingerprint density at radius 2 is 2.07 bits per heavy atom. The summed E-state index contributed by atoms with van der Waals surface area (Å²) in [7, 11) is 2.09. The molecule has 0 fully saturated rings. The fraction of sp³-hybridized carbons (Fsp3) is 0.545. The molecule has 3 heteroatoms. The SMILES string of the molecule is CCC(CC)N(C)c1ccncc1N. The molecule has 0 radical (unpaired) electrons. The van der Waals surface area contributed by atoms with E-state index in [1.165, 1.54) is 0 Å². The molecule has 1 aromatic rings. The van der Waals surface area contributed by atoms with Gasteiger partial charge in [0.2, 0.25) is 0 Å². The monoisotopic (exact) mass is 193 g/mol. The van der Waals surface area contributed by atoms with Crippen LogP contribution >= 0.6 is 0 Å². The van der Waals surface area contributed by atoms with Crippen LogP contribution in [-0.2, 0) is 0 Å². The van der Waals surface area contributed by atoms with Crippen molar-refractivity contribution in [2.75, 3.05) is 17.7 Å². The number of rotatable bonds is 4. The Morgan fingerprint density at radius 3 is 2.57 bits per heavy atom. The van der Waals surface area contributed by atoms with Crippen LogP contribution in [0.15, 0.2) is 18.5 Å². The summed E-state index contributed by atoms with van der Waals surface area (Å²) in [5.41, 5.74) is 7.69. The molecule has 1 heterocycles. The quantitative estimate of drug-likeness (QED) is 0.797. The van der Waals surface area contributed by atoms with Gasteiger partial charge in [-0.15, -0.1) is 0 Å². The standard InChI is InChI=1S/C11H19N3/c1-4-9(5-2)14(3)11-6-7-13-8-10(11)12/h6-9H,4-5,12H2,1-3H3. The van der Waals surface area contributed by atoms with Gasteiger partial charge in [-0.25, -0.2) is 0 Å². The minimum Gasteiger partial charge on any atom is -0.396 e. The zero-order chi connectivity index (χ0) is 10.6. The largest absolute Gasteiger partial charge is 0.396 e. The van der Waals surface area contributed by atoms with Crippen LogP contribution in [0.25, 0.3) is 0 Å². The Kier molecular flexibility index (Phi) is 3.74. The van der Waals surface area contributed by atoms with Gasteiger partial charge in [-0.05, 0) is 18.9 Å². The molecule has 0 unspecified atom stereocenters. The minimum absolute atomic E-state index is 0.555. The maximum atomic E-state index is 5.86. The van der Waals surface area contributed by atoms with Crippen LogP contribution in [0, 0.1) is 0 Å². The summed E-state index contributed by atoms with van der Waals surface area (Å²) in [6.45, 7) is 4.39. The first-order chi connectivity index (χ1) is 6.70. The van der Waals surface area contributed by atoms with E-state index in [-0.39, 0.29) is 0 Å². The van der Waals surface area contributed by atoms with Crippen molar-refractivity contribution in [2.45, 2.75) is 32.7 Å². The van der Waals surface area contributed by atoms with E-state index < -0.39 is 0 Å². The van der Waals surface area contributed by atoms with Gasteiger partial charge < -0.3 is 10.6 Å². The summed E-state index contributed by atoms with van der Waals surface area (Å²) >= 11 is 0. The molecule has 0 aromatic carbocycles. The van der Waals surface area contributed by atoms with Crippen molar-refractivity contribution in [3.05, 3.63) is 18.5 Å². The first-order valence-corrected chi connectivity index (χ1v) is 5.13.